The van der Waals surface area contributed by atoms with Gasteiger partial charge in [0.15, 0.2) is 0 Å². The predicted octanol–water partition coefficient (Wildman–Crippen LogP) is 4.12. The zero-order chi connectivity index (χ0) is 8.55. The van der Waals surface area contributed by atoms with Gasteiger partial charge in [-0.3, -0.25) is 0 Å². The van der Waals surface area contributed by atoms with E-state index in [-0.39, 0.29) is 12.4 Å². The Bertz CT molecular complexity index is 264. The maximum atomic E-state index is 3.51. The van der Waals surface area contributed by atoms with Crippen molar-refractivity contribution in [2.75, 3.05) is 6.54 Å². The van der Waals surface area contributed by atoms with E-state index in [1.165, 1.54) is 26.0 Å². The van der Waals surface area contributed by atoms with Crippen molar-refractivity contribution in [3.05, 3.63) is 19.2 Å². The summed E-state index contributed by atoms with van der Waals surface area (Å²) in [5, 5.41) is 3.48. The minimum absolute atomic E-state index is 0. The second-order valence-electron chi connectivity index (χ2n) is 2.92. The zero-order valence-electron chi connectivity index (χ0n) is 6.85. The first-order valence-corrected chi connectivity index (χ1v) is 6.36. The number of halogens is 3. The van der Waals surface area contributed by atoms with Gasteiger partial charge in [-0.25, -0.2) is 0 Å². The van der Waals surface area contributed by atoms with Crippen LogP contribution in [0.1, 0.15) is 23.8 Å². The molecule has 1 nitrogen and oxygen atoms in total. The first kappa shape index (κ1) is 12.0. The SMILES string of the molecule is Brc1cc([C@H]2CCCN2)sc1Br.Cl. The summed E-state index contributed by atoms with van der Waals surface area (Å²) in [6.45, 7) is 1.16. The van der Waals surface area contributed by atoms with Crippen molar-refractivity contribution < 1.29 is 0 Å². The first-order chi connectivity index (χ1) is 5.77. The predicted molar refractivity (Wildman–Crippen MR) is 66.9 cm³/mol. The van der Waals surface area contributed by atoms with E-state index >= 15 is 0 Å². The number of hydrogen-bond donors (Lipinski definition) is 1. The van der Waals surface area contributed by atoms with Gasteiger partial charge in [0, 0.05) is 15.4 Å². The smallest absolute Gasteiger partial charge is 0.0843 e. The molecule has 0 saturated carbocycles. The van der Waals surface area contributed by atoms with Crippen LogP contribution in [0, 0.1) is 0 Å². The number of hydrogen-bond acceptors (Lipinski definition) is 2. The van der Waals surface area contributed by atoms with E-state index in [1.807, 2.05) is 11.3 Å². The number of nitrogens with one attached hydrogen (secondary N) is 1. The van der Waals surface area contributed by atoms with Crippen molar-refractivity contribution in [3.8, 4) is 0 Å². The second kappa shape index (κ2) is 5.12. The van der Waals surface area contributed by atoms with Gasteiger partial charge in [0.1, 0.15) is 0 Å². The molecule has 2 heterocycles. The molecule has 74 valence electrons. The number of rotatable bonds is 1. The van der Waals surface area contributed by atoms with E-state index < -0.39 is 0 Å². The molecule has 0 aromatic carbocycles. The minimum atomic E-state index is 0. The Labute approximate surface area is 105 Å². The Hall–Kier alpha value is 0.910. The van der Waals surface area contributed by atoms with Crippen LogP contribution in [0.25, 0.3) is 0 Å². The summed E-state index contributed by atoms with van der Waals surface area (Å²) in [6, 6.07) is 2.80. The van der Waals surface area contributed by atoms with Crippen LogP contribution in [-0.2, 0) is 0 Å². The van der Waals surface area contributed by atoms with Crippen LogP contribution >= 0.6 is 55.6 Å². The van der Waals surface area contributed by atoms with Crippen LogP contribution in [0.4, 0.5) is 0 Å². The summed E-state index contributed by atoms with van der Waals surface area (Å²) in [5.41, 5.74) is 0. The van der Waals surface area contributed by atoms with Gasteiger partial charge in [-0.1, -0.05) is 0 Å². The molecule has 1 saturated heterocycles. The Morgan fingerprint density at radius 1 is 1.46 bits per heavy atom. The van der Waals surface area contributed by atoms with Crippen molar-refractivity contribution in [1.29, 1.82) is 0 Å². The molecule has 0 spiro atoms. The fraction of sp³-hybridized carbons (Fsp3) is 0.500. The topological polar surface area (TPSA) is 12.0 Å². The third-order valence-corrected chi connectivity index (χ3v) is 5.44. The van der Waals surface area contributed by atoms with Gasteiger partial charge in [-0.15, -0.1) is 23.7 Å². The minimum Gasteiger partial charge on any atom is -0.309 e. The monoisotopic (exact) mass is 345 g/mol. The fourth-order valence-corrected chi connectivity index (χ4v) is 3.66. The molecule has 1 aliphatic heterocycles. The van der Waals surface area contributed by atoms with E-state index in [0.29, 0.717) is 6.04 Å². The van der Waals surface area contributed by atoms with Crippen molar-refractivity contribution in [2.45, 2.75) is 18.9 Å². The Balaban J connectivity index is 0.000000845. The second-order valence-corrected chi connectivity index (χ2v) is 6.18. The summed E-state index contributed by atoms with van der Waals surface area (Å²) in [7, 11) is 0. The lowest BCUT2D eigenvalue weighted by atomic mass is 10.2. The Morgan fingerprint density at radius 3 is 2.69 bits per heavy atom. The third-order valence-electron chi connectivity index (χ3n) is 2.07. The molecule has 1 aromatic heterocycles. The highest BCUT2D eigenvalue weighted by molar-refractivity contribution is 9.13. The van der Waals surface area contributed by atoms with E-state index in [1.54, 1.807) is 0 Å². The Morgan fingerprint density at radius 2 is 2.23 bits per heavy atom. The molecular weight excluding hydrogens is 337 g/mol. The van der Waals surface area contributed by atoms with Crippen LogP contribution in [0.15, 0.2) is 14.3 Å². The third kappa shape index (κ3) is 2.69. The standard InChI is InChI=1S/C8H9Br2NS.ClH/c9-5-4-7(12-8(5)10)6-2-1-3-11-6;/h4,6,11H,1-3H2;1H/t6-;/m1./s1. The highest BCUT2D eigenvalue weighted by Crippen LogP contribution is 2.37. The average molecular weight is 348 g/mol. The van der Waals surface area contributed by atoms with Crippen molar-refractivity contribution >= 4 is 55.6 Å². The summed E-state index contributed by atoms with van der Waals surface area (Å²) >= 11 is 8.82. The van der Waals surface area contributed by atoms with Gasteiger partial charge >= 0.3 is 0 Å². The van der Waals surface area contributed by atoms with E-state index in [0.717, 1.165) is 6.54 Å². The van der Waals surface area contributed by atoms with Crippen molar-refractivity contribution in [2.24, 2.45) is 0 Å². The van der Waals surface area contributed by atoms with Gasteiger partial charge in [0.25, 0.3) is 0 Å². The first-order valence-electron chi connectivity index (χ1n) is 3.95. The van der Waals surface area contributed by atoms with Gasteiger partial charge in [-0.05, 0) is 57.3 Å². The van der Waals surface area contributed by atoms with Crippen LogP contribution in [0.5, 0.6) is 0 Å². The molecule has 0 bridgehead atoms. The molecule has 13 heavy (non-hydrogen) atoms. The molecule has 2 rings (SSSR count). The number of thiophene rings is 1. The molecular formula is C8H10Br2ClNS. The molecule has 0 amide bonds. The maximum absolute atomic E-state index is 3.51. The molecule has 1 fully saturated rings. The summed E-state index contributed by atoms with van der Waals surface area (Å²) in [5.74, 6) is 0. The summed E-state index contributed by atoms with van der Waals surface area (Å²) in [6.07, 6.45) is 2.58. The van der Waals surface area contributed by atoms with E-state index in [2.05, 4.69) is 43.2 Å². The maximum Gasteiger partial charge on any atom is 0.0843 e. The molecule has 0 unspecified atom stereocenters. The molecule has 5 heteroatoms. The van der Waals surface area contributed by atoms with Crippen molar-refractivity contribution in [3.63, 3.8) is 0 Å². The Kier molecular flexibility index (Phi) is 4.72. The fourth-order valence-electron chi connectivity index (χ4n) is 1.46. The van der Waals surface area contributed by atoms with Gasteiger partial charge in [-0.2, -0.15) is 0 Å². The average Bonchev–Trinajstić information content (AvgIpc) is 2.61. The molecule has 1 atom stereocenters. The summed E-state index contributed by atoms with van der Waals surface area (Å²) < 4.78 is 2.38. The molecule has 1 aromatic rings. The largest absolute Gasteiger partial charge is 0.309 e. The van der Waals surface area contributed by atoms with Gasteiger partial charge in [0.2, 0.25) is 0 Å². The molecule has 0 aliphatic carbocycles. The molecule has 1 N–H and O–H groups in total. The lowest BCUT2D eigenvalue weighted by Gasteiger charge is -2.05. The van der Waals surface area contributed by atoms with Crippen LogP contribution < -0.4 is 5.32 Å². The van der Waals surface area contributed by atoms with Crippen LogP contribution in [0.3, 0.4) is 0 Å². The van der Waals surface area contributed by atoms with Crippen molar-refractivity contribution in [1.82, 2.24) is 5.32 Å². The molecule has 0 radical (unpaired) electrons. The van der Waals surface area contributed by atoms with Crippen LogP contribution in [0.2, 0.25) is 0 Å². The van der Waals surface area contributed by atoms with Gasteiger partial charge < -0.3 is 5.32 Å². The van der Waals surface area contributed by atoms with E-state index in [4.69, 9.17) is 0 Å². The highest BCUT2D eigenvalue weighted by Gasteiger charge is 2.18. The quantitative estimate of drug-likeness (QED) is 0.806. The molecule has 1 aliphatic rings. The highest BCUT2D eigenvalue weighted by atomic mass is 79.9. The van der Waals surface area contributed by atoms with E-state index in [9.17, 15) is 0 Å². The normalized spacial score (nSPS) is 21.5. The van der Waals surface area contributed by atoms with Gasteiger partial charge in [0.05, 0.1) is 3.79 Å². The lowest BCUT2D eigenvalue weighted by molar-refractivity contribution is 0.659. The summed E-state index contributed by atoms with van der Waals surface area (Å²) in [4.78, 5) is 1.44. The lowest BCUT2D eigenvalue weighted by Crippen LogP contribution is -2.11. The van der Waals surface area contributed by atoms with Crippen LogP contribution in [-0.4, -0.2) is 6.54 Å². The zero-order valence-corrected chi connectivity index (χ0v) is 11.7.